The Morgan fingerprint density at radius 3 is 2.70 bits per heavy atom. The minimum Gasteiger partial charge on any atom is -0.493 e. The third-order valence-electron chi connectivity index (χ3n) is 3.14. The second kappa shape index (κ2) is 7.66. The first-order valence-corrected chi connectivity index (χ1v) is 7.35. The van der Waals surface area contributed by atoms with Gasteiger partial charge in [0.05, 0.1) is 30.4 Å². The predicted octanol–water partition coefficient (Wildman–Crippen LogP) is 4.95. The molecule has 0 aliphatic heterocycles. The molecule has 0 aliphatic carbocycles. The summed E-state index contributed by atoms with van der Waals surface area (Å²) in [5, 5.41) is 9.69. The molecule has 0 saturated heterocycles. The standard InChI is InChI=1S/C18H15ClFNO2/c1-3-23-18-15(19)9-12(10-17(18)22-2)8-13(11-21)14-6-4-5-7-16(14)20/h4-10H,3H2,1-2H3/b13-8-. The molecule has 5 heteroatoms. The van der Waals surface area contributed by atoms with Crippen molar-refractivity contribution in [1.82, 2.24) is 0 Å². The molecule has 0 amide bonds. The minimum atomic E-state index is -0.454. The monoisotopic (exact) mass is 331 g/mol. The van der Waals surface area contributed by atoms with Gasteiger partial charge in [0.15, 0.2) is 11.5 Å². The summed E-state index contributed by atoms with van der Waals surface area (Å²) in [7, 11) is 1.50. The molecule has 3 nitrogen and oxygen atoms in total. The highest BCUT2D eigenvalue weighted by Crippen LogP contribution is 2.37. The zero-order valence-corrected chi connectivity index (χ0v) is 13.5. The van der Waals surface area contributed by atoms with Crippen LogP contribution >= 0.6 is 11.6 Å². The van der Waals surface area contributed by atoms with Crippen molar-refractivity contribution in [2.45, 2.75) is 6.92 Å². The lowest BCUT2D eigenvalue weighted by Crippen LogP contribution is -1.97. The van der Waals surface area contributed by atoms with Crippen LogP contribution in [0, 0.1) is 17.1 Å². The van der Waals surface area contributed by atoms with Crippen molar-refractivity contribution in [2.24, 2.45) is 0 Å². The maximum absolute atomic E-state index is 13.9. The van der Waals surface area contributed by atoms with Gasteiger partial charge in [-0.1, -0.05) is 29.8 Å². The highest BCUT2D eigenvalue weighted by Gasteiger charge is 2.12. The lowest BCUT2D eigenvalue weighted by molar-refractivity contribution is 0.311. The van der Waals surface area contributed by atoms with Gasteiger partial charge in [-0.15, -0.1) is 0 Å². The molecular formula is C18H15ClFNO2. The van der Waals surface area contributed by atoms with Crippen LogP contribution in [-0.4, -0.2) is 13.7 Å². The highest BCUT2D eigenvalue weighted by molar-refractivity contribution is 6.32. The van der Waals surface area contributed by atoms with Gasteiger partial charge in [0, 0.05) is 5.56 Å². The number of hydrogen-bond acceptors (Lipinski definition) is 3. The van der Waals surface area contributed by atoms with E-state index in [1.54, 1.807) is 36.4 Å². The highest BCUT2D eigenvalue weighted by atomic mass is 35.5. The number of nitrogens with zero attached hydrogens (tertiary/aromatic N) is 1. The van der Waals surface area contributed by atoms with E-state index in [-0.39, 0.29) is 11.1 Å². The van der Waals surface area contributed by atoms with Crippen molar-refractivity contribution in [1.29, 1.82) is 5.26 Å². The number of hydrogen-bond donors (Lipinski definition) is 0. The first-order chi connectivity index (χ1) is 11.1. The summed E-state index contributed by atoms with van der Waals surface area (Å²) < 4.78 is 24.6. The first kappa shape index (κ1) is 16.9. The number of halogens is 2. The van der Waals surface area contributed by atoms with Crippen LogP contribution in [0.5, 0.6) is 11.5 Å². The van der Waals surface area contributed by atoms with E-state index in [9.17, 15) is 9.65 Å². The van der Waals surface area contributed by atoms with Crippen molar-refractivity contribution in [2.75, 3.05) is 13.7 Å². The summed E-state index contributed by atoms with van der Waals surface area (Å²) >= 11 is 6.20. The summed E-state index contributed by atoms with van der Waals surface area (Å²) in [5.74, 6) is 0.443. The molecule has 0 saturated carbocycles. The van der Waals surface area contributed by atoms with E-state index in [4.69, 9.17) is 21.1 Å². The quantitative estimate of drug-likeness (QED) is 0.575. The Labute approximate surface area is 139 Å². The van der Waals surface area contributed by atoms with Crippen LogP contribution in [0.1, 0.15) is 18.1 Å². The molecule has 0 aromatic heterocycles. The molecule has 0 N–H and O–H groups in total. The van der Waals surface area contributed by atoms with Crippen LogP contribution < -0.4 is 9.47 Å². The molecule has 2 rings (SSSR count). The Morgan fingerprint density at radius 1 is 1.35 bits per heavy atom. The molecule has 0 unspecified atom stereocenters. The van der Waals surface area contributed by atoms with Crippen molar-refractivity contribution >= 4 is 23.3 Å². The van der Waals surface area contributed by atoms with Crippen LogP contribution in [0.3, 0.4) is 0 Å². The van der Waals surface area contributed by atoms with Crippen LogP contribution in [0.15, 0.2) is 36.4 Å². The third kappa shape index (κ3) is 3.82. The first-order valence-electron chi connectivity index (χ1n) is 6.97. The zero-order valence-electron chi connectivity index (χ0n) is 12.8. The van der Waals surface area contributed by atoms with Crippen LogP contribution in [0.2, 0.25) is 5.02 Å². The number of rotatable bonds is 5. The summed E-state index contributed by atoms with van der Waals surface area (Å²) in [6.45, 7) is 2.29. The van der Waals surface area contributed by atoms with Crippen LogP contribution in [-0.2, 0) is 0 Å². The van der Waals surface area contributed by atoms with Crippen molar-refractivity contribution < 1.29 is 13.9 Å². The van der Waals surface area contributed by atoms with Crippen molar-refractivity contribution in [3.63, 3.8) is 0 Å². The Kier molecular flexibility index (Phi) is 5.61. The van der Waals surface area contributed by atoms with E-state index >= 15 is 0 Å². The lowest BCUT2D eigenvalue weighted by atomic mass is 10.0. The molecule has 2 aromatic carbocycles. The second-order valence-electron chi connectivity index (χ2n) is 4.62. The fraction of sp³-hybridized carbons (Fsp3) is 0.167. The third-order valence-corrected chi connectivity index (χ3v) is 3.42. The summed E-state index contributed by atoms with van der Waals surface area (Å²) in [6, 6.07) is 11.5. The number of nitriles is 1. The van der Waals surface area contributed by atoms with E-state index in [2.05, 4.69) is 0 Å². The Balaban J connectivity index is 2.51. The molecule has 23 heavy (non-hydrogen) atoms. The molecule has 0 radical (unpaired) electrons. The molecule has 118 valence electrons. The summed E-state index contributed by atoms with van der Waals surface area (Å²) in [6.07, 6.45) is 1.56. The largest absolute Gasteiger partial charge is 0.493 e. The average molecular weight is 332 g/mol. The van der Waals surface area contributed by atoms with E-state index < -0.39 is 5.82 Å². The number of allylic oxidation sites excluding steroid dienone is 1. The summed E-state index contributed by atoms with van der Waals surface area (Å²) in [5.41, 5.74) is 1.06. The number of benzene rings is 2. The summed E-state index contributed by atoms with van der Waals surface area (Å²) in [4.78, 5) is 0. The minimum absolute atomic E-state index is 0.199. The topological polar surface area (TPSA) is 42.2 Å². The molecule has 0 heterocycles. The normalized spacial score (nSPS) is 11.0. The average Bonchev–Trinajstić information content (AvgIpc) is 2.55. The van der Waals surface area contributed by atoms with Crippen molar-refractivity contribution in [3.05, 3.63) is 58.4 Å². The van der Waals surface area contributed by atoms with Gasteiger partial charge in [-0.2, -0.15) is 5.26 Å². The van der Waals surface area contributed by atoms with E-state index in [0.29, 0.717) is 28.7 Å². The van der Waals surface area contributed by atoms with Gasteiger partial charge in [0.25, 0.3) is 0 Å². The number of methoxy groups -OCH3 is 1. The van der Waals surface area contributed by atoms with E-state index in [1.165, 1.54) is 13.2 Å². The van der Waals surface area contributed by atoms with Gasteiger partial charge in [-0.25, -0.2) is 4.39 Å². The Morgan fingerprint density at radius 2 is 2.09 bits per heavy atom. The zero-order chi connectivity index (χ0) is 16.8. The molecule has 0 spiro atoms. The molecule has 0 aliphatic rings. The maximum Gasteiger partial charge on any atom is 0.179 e. The molecule has 0 bridgehead atoms. The molecule has 0 atom stereocenters. The fourth-order valence-corrected chi connectivity index (χ4v) is 2.40. The van der Waals surface area contributed by atoms with Crippen LogP contribution in [0.25, 0.3) is 11.6 Å². The van der Waals surface area contributed by atoms with E-state index in [1.807, 2.05) is 13.0 Å². The van der Waals surface area contributed by atoms with Gasteiger partial charge >= 0.3 is 0 Å². The van der Waals surface area contributed by atoms with Gasteiger partial charge < -0.3 is 9.47 Å². The molecule has 2 aromatic rings. The predicted molar refractivity (Wildman–Crippen MR) is 89.1 cm³/mol. The van der Waals surface area contributed by atoms with Gasteiger partial charge in [-0.3, -0.25) is 0 Å². The Hall–Kier alpha value is -2.51. The number of ether oxygens (including phenoxy) is 2. The Bertz CT molecular complexity index is 781. The van der Waals surface area contributed by atoms with Gasteiger partial charge in [0.1, 0.15) is 5.82 Å². The molecular weight excluding hydrogens is 317 g/mol. The lowest BCUT2D eigenvalue weighted by Gasteiger charge is -2.12. The fourth-order valence-electron chi connectivity index (χ4n) is 2.12. The van der Waals surface area contributed by atoms with Gasteiger partial charge in [-0.05, 0) is 36.8 Å². The van der Waals surface area contributed by atoms with Crippen molar-refractivity contribution in [3.8, 4) is 17.6 Å². The molecule has 0 fully saturated rings. The second-order valence-corrected chi connectivity index (χ2v) is 5.02. The van der Waals surface area contributed by atoms with Crippen LogP contribution in [0.4, 0.5) is 4.39 Å². The maximum atomic E-state index is 13.9. The van der Waals surface area contributed by atoms with E-state index in [0.717, 1.165) is 0 Å². The smallest absolute Gasteiger partial charge is 0.179 e. The SMILES string of the molecule is CCOc1c(Cl)cc(/C=C(/C#N)c2ccccc2F)cc1OC. The van der Waals surface area contributed by atoms with Gasteiger partial charge in [0.2, 0.25) is 0 Å².